The minimum absolute atomic E-state index is 0.203. The van der Waals surface area contributed by atoms with Crippen molar-refractivity contribution in [2.75, 3.05) is 32.8 Å². The largest absolute Gasteiger partial charge is 0.296 e. The van der Waals surface area contributed by atoms with E-state index in [-0.39, 0.29) is 11.8 Å². The fraction of sp³-hybridized carbons (Fsp3) is 0.300. The maximum Gasteiger partial charge on any atom is 0.262 e. The Hall–Kier alpha value is -1.92. The van der Waals surface area contributed by atoms with Crippen molar-refractivity contribution in [2.45, 2.75) is 6.54 Å². The number of benzene rings is 2. The summed E-state index contributed by atoms with van der Waals surface area (Å²) >= 11 is 12.2. The van der Waals surface area contributed by atoms with Gasteiger partial charge in [0.1, 0.15) is 0 Å². The summed E-state index contributed by atoms with van der Waals surface area (Å²) in [6.07, 6.45) is 0. The molecule has 2 aromatic rings. The van der Waals surface area contributed by atoms with E-state index in [1.54, 1.807) is 30.3 Å². The normalized spacial score (nSPS) is 18.2. The predicted molar refractivity (Wildman–Crippen MR) is 105 cm³/mol. The number of nitrogens with zero attached hydrogens (tertiary/aromatic N) is 3. The molecule has 2 aromatic carbocycles. The van der Waals surface area contributed by atoms with Gasteiger partial charge in [-0.25, -0.2) is 0 Å². The minimum Gasteiger partial charge on any atom is -0.296 e. The number of hydrogen-bond acceptors (Lipinski definition) is 4. The predicted octanol–water partition coefficient (Wildman–Crippen LogP) is 3.36. The monoisotopic (exact) mass is 403 g/mol. The van der Waals surface area contributed by atoms with Gasteiger partial charge >= 0.3 is 0 Å². The SMILES string of the molecule is O=C1c2ccccc2C(=O)N1CN1CCN(Cc2ccc(Cl)cc2Cl)CC1. The average Bonchev–Trinajstić information content (AvgIpc) is 2.91. The summed E-state index contributed by atoms with van der Waals surface area (Å²) in [6.45, 7) is 4.38. The van der Waals surface area contributed by atoms with Gasteiger partial charge in [0.05, 0.1) is 17.8 Å². The quantitative estimate of drug-likeness (QED) is 0.734. The number of carbonyl (C=O) groups is 2. The highest BCUT2D eigenvalue weighted by Gasteiger charge is 2.36. The molecule has 0 aliphatic carbocycles. The van der Waals surface area contributed by atoms with Crippen LogP contribution < -0.4 is 0 Å². The molecule has 7 heteroatoms. The summed E-state index contributed by atoms with van der Waals surface area (Å²) in [5.41, 5.74) is 2.05. The lowest BCUT2D eigenvalue weighted by Gasteiger charge is -2.36. The number of halogens is 2. The molecule has 0 atom stereocenters. The van der Waals surface area contributed by atoms with Crippen LogP contribution in [0.5, 0.6) is 0 Å². The van der Waals surface area contributed by atoms with E-state index in [0.29, 0.717) is 27.8 Å². The lowest BCUT2D eigenvalue weighted by molar-refractivity contribution is 0.0447. The third kappa shape index (κ3) is 3.73. The van der Waals surface area contributed by atoms with Crippen molar-refractivity contribution in [1.29, 1.82) is 0 Å². The Kier molecular flexibility index (Phi) is 5.19. The van der Waals surface area contributed by atoms with Crippen molar-refractivity contribution in [1.82, 2.24) is 14.7 Å². The molecule has 1 fully saturated rings. The van der Waals surface area contributed by atoms with Crippen LogP contribution in [-0.4, -0.2) is 59.4 Å². The molecule has 0 saturated carbocycles. The number of fused-ring (bicyclic) bond motifs is 1. The lowest BCUT2D eigenvalue weighted by Crippen LogP contribution is -2.50. The first kappa shape index (κ1) is 18.4. The van der Waals surface area contributed by atoms with Gasteiger partial charge in [-0.3, -0.25) is 24.3 Å². The van der Waals surface area contributed by atoms with Gasteiger partial charge in [0.2, 0.25) is 0 Å². The maximum atomic E-state index is 12.5. The summed E-state index contributed by atoms with van der Waals surface area (Å²) in [6, 6.07) is 12.6. The van der Waals surface area contributed by atoms with Gasteiger partial charge < -0.3 is 0 Å². The Balaban J connectivity index is 1.34. The number of rotatable bonds is 4. The molecule has 0 aromatic heterocycles. The Bertz CT molecular complexity index is 860. The molecular formula is C20H19Cl2N3O2. The highest BCUT2D eigenvalue weighted by molar-refractivity contribution is 6.35. The van der Waals surface area contributed by atoms with E-state index in [4.69, 9.17) is 23.2 Å². The highest BCUT2D eigenvalue weighted by Crippen LogP contribution is 2.24. The summed E-state index contributed by atoms with van der Waals surface area (Å²) < 4.78 is 0. The Labute approximate surface area is 168 Å². The summed E-state index contributed by atoms with van der Waals surface area (Å²) in [5.74, 6) is -0.406. The molecule has 0 radical (unpaired) electrons. The third-order valence-corrected chi connectivity index (χ3v) is 5.68. The van der Waals surface area contributed by atoms with Crippen LogP contribution in [0.1, 0.15) is 26.3 Å². The molecular weight excluding hydrogens is 385 g/mol. The van der Waals surface area contributed by atoms with E-state index in [2.05, 4.69) is 9.80 Å². The second-order valence-corrected chi connectivity index (χ2v) is 7.70. The molecule has 2 aliphatic rings. The van der Waals surface area contributed by atoms with Crippen LogP contribution in [0.3, 0.4) is 0 Å². The zero-order valence-electron chi connectivity index (χ0n) is 14.7. The van der Waals surface area contributed by atoms with Gasteiger partial charge in [0.15, 0.2) is 0 Å². The van der Waals surface area contributed by atoms with Crippen LogP contribution in [0.2, 0.25) is 10.0 Å². The molecule has 0 bridgehead atoms. The number of hydrogen-bond donors (Lipinski definition) is 0. The third-order valence-electron chi connectivity index (χ3n) is 5.09. The van der Waals surface area contributed by atoms with Crippen LogP contribution in [0.4, 0.5) is 0 Å². The summed E-state index contributed by atoms with van der Waals surface area (Å²) in [5, 5.41) is 1.31. The van der Waals surface area contributed by atoms with E-state index in [1.165, 1.54) is 4.90 Å². The van der Waals surface area contributed by atoms with Crippen LogP contribution in [0, 0.1) is 0 Å². The van der Waals surface area contributed by atoms with Gasteiger partial charge in [-0.1, -0.05) is 41.4 Å². The molecule has 0 N–H and O–H groups in total. The van der Waals surface area contributed by atoms with E-state index in [9.17, 15) is 9.59 Å². The van der Waals surface area contributed by atoms with Crippen molar-refractivity contribution in [2.24, 2.45) is 0 Å². The topological polar surface area (TPSA) is 43.9 Å². The van der Waals surface area contributed by atoms with Crippen molar-refractivity contribution < 1.29 is 9.59 Å². The number of amides is 2. The zero-order valence-corrected chi connectivity index (χ0v) is 16.2. The molecule has 27 heavy (non-hydrogen) atoms. The molecule has 2 amide bonds. The maximum absolute atomic E-state index is 12.5. The van der Waals surface area contributed by atoms with Gasteiger partial charge in [-0.15, -0.1) is 0 Å². The summed E-state index contributed by atoms with van der Waals surface area (Å²) in [7, 11) is 0. The highest BCUT2D eigenvalue weighted by atomic mass is 35.5. The molecule has 2 aliphatic heterocycles. The molecule has 1 saturated heterocycles. The van der Waals surface area contributed by atoms with Gasteiger partial charge in [0, 0.05) is 42.8 Å². The molecule has 140 valence electrons. The van der Waals surface area contributed by atoms with E-state index in [1.807, 2.05) is 12.1 Å². The summed E-state index contributed by atoms with van der Waals surface area (Å²) in [4.78, 5) is 30.8. The standard InChI is InChI=1S/C20H19Cl2N3O2/c21-15-6-5-14(18(22)11-15)12-23-7-9-24(10-8-23)13-25-19(26)16-3-1-2-4-17(16)20(25)27/h1-6,11H,7-10,12-13H2. The average molecular weight is 404 g/mol. The van der Waals surface area contributed by atoms with Gasteiger partial charge in [0.25, 0.3) is 11.8 Å². The minimum atomic E-state index is -0.203. The zero-order chi connectivity index (χ0) is 19.0. The van der Waals surface area contributed by atoms with Crippen molar-refractivity contribution >= 4 is 35.0 Å². The number of piperazine rings is 1. The molecule has 0 spiro atoms. The van der Waals surface area contributed by atoms with E-state index in [0.717, 1.165) is 38.3 Å². The second kappa shape index (κ2) is 7.60. The van der Waals surface area contributed by atoms with Crippen molar-refractivity contribution in [3.8, 4) is 0 Å². The Morgan fingerprint density at radius 2 is 1.41 bits per heavy atom. The lowest BCUT2D eigenvalue weighted by atomic mass is 10.1. The molecule has 4 rings (SSSR count). The van der Waals surface area contributed by atoms with Crippen molar-refractivity contribution in [3.63, 3.8) is 0 Å². The van der Waals surface area contributed by atoms with Crippen molar-refractivity contribution in [3.05, 3.63) is 69.2 Å². The van der Waals surface area contributed by atoms with Gasteiger partial charge in [-0.2, -0.15) is 0 Å². The Morgan fingerprint density at radius 1 is 0.815 bits per heavy atom. The van der Waals surface area contributed by atoms with Crippen LogP contribution >= 0.6 is 23.2 Å². The van der Waals surface area contributed by atoms with E-state index >= 15 is 0 Å². The van der Waals surface area contributed by atoms with Crippen LogP contribution in [0.25, 0.3) is 0 Å². The molecule has 0 unspecified atom stereocenters. The first-order valence-corrected chi connectivity index (χ1v) is 9.62. The fourth-order valence-electron chi connectivity index (χ4n) is 3.55. The van der Waals surface area contributed by atoms with Gasteiger partial charge in [-0.05, 0) is 29.8 Å². The smallest absolute Gasteiger partial charge is 0.262 e. The molecule has 5 nitrogen and oxygen atoms in total. The number of carbonyl (C=O) groups excluding carboxylic acids is 2. The van der Waals surface area contributed by atoms with Crippen LogP contribution in [-0.2, 0) is 6.54 Å². The number of imide groups is 1. The van der Waals surface area contributed by atoms with Crippen LogP contribution in [0.15, 0.2) is 42.5 Å². The second-order valence-electron chi connectivity index (χ2n) is 6.86. The Morgan fingerprint density at radius 3 is 2.00 bits per heavy atom. The van der Waals surface area contributed by atoms with E-state index < -0.39 is 0 Å². The first-order valence-electron chi connectivity index (χ1n) is 8.87. The fourth-order valence-corrected chi connectivity index (χ4v) is 4.02. The molecule has 2 heterocycles. The first-order chi connectivity index (χ1) is 13.0.